The molecule has 1 amide bonds. The van der Waals surface area contributed by atoms with Gasteiger partial charge in [0, 0.05) is 25.5 Å². The molecule has 0 spiro atoms. The van der Waals surface area contributed by atoms with E-state index in [4.69, 9.17) is 4.74 Å². The Bertz CT molecular complexity index is 531. The van der Waals surface area contributed by atoms with Crippen LogP contribution in [-0.2, 0) is 9.53 Å². The first-order valence-electron chi connectivity index (χ1n) is 6.95. The first kappa shape index (κ1) is 13.1. The van der Waals surface area contributed by atoms with Crippen LogP contribution < -0.4 is 0 Å². The largest absolute Gasteiger partial charge is 0.469 e. The fraction of sp³-hybridized carbons (Fsp3) is 0.533. The molecule has 1 aromatic rings. The van der Waals surface area contributed by atoms with Gasteiger partial charge >= 0.3 is 5.97 Å². The summed E-state index contributed by atoms with van der Waals surface area (Å²) >= 11 is 0. The molecule has 5 nitrogen and oxygen atoms in total. The van der Waals surface area contributed by atoms with Gasteiger partial charge in [0.1, 0.15) is 0 Å². The van der Waals surface area contributed by atoms with Gasteiger partial charge < -0.3 is 9.64 Å². The molecule has 1 aromatic heterocycles. The van der Waals surface area contributed by atoms with Gasteiger partial charge in [-0.15, -0.1) is 0 Å². The maximum absolute atomic E-state index is 12.5. The number of amides is 1. The Kier molecular flexibility index (Phi) is 3.20. The summed E-state index contributed by atoms with van der Waals surface area (Å²) in [7, 11) is 1.43. The second-order valence-corrected chi connectivity index (χ2v) is 5.66. The van der Waals surface area contributed by atoms with Gasteiger partial charge in [-0.1, -0.05) is 6.42 Å². The van der Waals surface area contributed by atoms with Crippen LogP contribution in [-0.4, -0.2) is 42.0 Å². The number of hydrogen-bond acceptors (Lipinski definition) is 4. The average Bonchev–Trinajstić information content (AvgIpc) is 3.04. The van der Waals surface area contributed by atoms with E-state index in [0.29, 0.717) is 18.7 Å². The molecule has 1 saturated heterocycles. The highest BCUT2D eigenvalue weighted by Crippen LogP contribution is 2.49. The Morgan fingerprint density at radius 1 is 1.50 bits per heavy atom. The average molecular weight is 274 g/mol. The van der Waals surface area contributed by atoms with Crippen LogP contribution in [0.15, 0.2) is 24.5 Å². The van der Waals surface area contributed by atoms with Crippen molar-refractivity contribution in [1.82, 2.24) is 9.88 Å². The van der Waals surface area contributed by atoms with Crippen LogP contribution in [0, 0.1) is 11.3 Å². The molecule has 2 atom stereocenters. The zero-order chi connectivity index (χ0) is 14.2. The SMILES string of the molecule is COC(=O)[C@@]12CCC[C@@H]1CN(C(=O)c1cccnc1)C2. The van der Waals surface area contributed by atoms with Crippen LogP contribution in [0.4, 0.5) is 0 Å². The molecule has 2 aliphatic rings. The molecule has 0 N–H and O–H groups in total. The molecule has 0 unspecified atom stereocenters. The first-order chi connectivity index (χ1) is 9.67. The monoisotopic (exact) mass is 274 g/mol. The number of pyridine rings is 1. The molecular formula is C15H18N2O3. The van der Waals surface area contributed by atoms with E-state index in [1.807, 2.05) is 0 Å². The van der Waals surface area contributed by atoms with Crippen LogP contribution in [0.3, 0.4) is 0 Å². The summed E-state index contributed by atoms with van der Waals surface area (Å²) in [4.78, 5) is 30.4. The van der Waals surface area contributed by atoms with Gasteiger partial charge in [0.05, 0.1) is 18.1 Å². The second kappa shape index (κ2) is 4.89. The summed E-state index contributed by atoms with van der Waals surface area (Å²) in [6, 6.07) is 3.51. The van der Waals surface area contributed by atoms with Crippen molar-refractivity contribution in [3.05, 3.63) is 30.1 Å². The zero-order valence-corrected chi connectivity index (χ0v) is 11.5. The zero-order valence-electron chi connectivity index (χ0n) is 11.5. The van der Waals surface area contributed by atoms with Gasteiger partial charge in [-0.25, -0.2) is 0 Å². The molecule has 2 fully saturated rings. The minimum absolute atomic E-state index is 0.0456. The minimum atomic E-state index is -0.480. The lowest BCUT2D eigenvalue weighted by atomic mass is 9.81. The normalized spacial score (nSPS) is 28.2. The van der Waals surface area contributed by atoms with E-state index in [9.17, 15) is 9.59 Å². The molecule has 1 aliphatic carbocycles. The van der Waals surface area contributed by atoms with E-state index in [2.05, 4.69) is 4.98 Å². The van der Waals surface area contributed by atoms with Gasteiger partial charge in [0.25, 0.3) is 5.91 Å². The third-order valence-electron chi connectivity index (χ3n) is 4.66. The second-order valence-electron chi connectivity index (χ2n) is 5.66. The van der Waals surface area contributed by atoms with Crippen LogP contribution in [0.2, 0.25) is 0 Å². The summed E-state index contributed by atoms with van der Waals surface area (Å²) in [6.07, 6.45) is 6.06. The Labute approximate surface area is 117 Å². The number of carbonyl (C=O) groups excluding carboxylic acids is 2. The first-order valence-corrected chi connectivity index (χ1v) is 6.95. The number of hydrogen-bond donors (Lipinski definition) is 0. The van der Waals surface area contributed by atoms with Gasteiger partial charge in [0.15, 0.2) is 0 Å². The lowest BCUT2D eigenvalue weighted by Crippen LogP contribution is -2.38. The molecule has 0 radical (unpaired) electrons. The number of esters is 1. The highest BCUT2D eigenvalue weighted by Gasteiger charge is 2.56. The molecule has 0 aromatic carbocycles. The fourth-order valence-electron chi connectivity index (χ4n) is 3.65. The van der Waals surface area contributed by atoms with Crippen LogP contribution >= 0.6 is 0 Å². The van der Waals surface area contributed by atoms with Crippen LogP contribution in [0.25, 0.3) is 0 Å². The fourth-order valence-corrected chi connectivity index (χ4v) is 3.65. The van der Waals surface area contributed by atoms with Gasteiger partial charge in [-0.3, -0.25) is 14.6 Å². The summed E-state index contributed by atoms with van der Waals surface area (Å²) in [6.45, 7) is 1.11. The Morgan fingerprint density at radius 3 is 3.05 bits per heavy atom. The summed E-state index contributed by atoms with van der Waals surface area (Å²) in [5, 5.41) is 0. The lowest BCUT2D eigenvalue weighted by molar-refractivity contribution is -0.153. The number of likely N-dealkylation sites (tertiary alicyclic amines) is 1. The van der Waals surface area contributed by atoms with Crippen molar-refractivity contribution in [3.63, 3.8) is 0 Å². The molecular weight excluding hydrogens is 256 g/mol. The van der Waals surface area contributed by atoms with Crippen LogP contribution in [0.5, 0.6) is 0 Å². The maximum Gasteiger partial charge on any atom is 0.313 e. The number of fused-ring (bicyclic) bond motifs is 1. The summed E-state index contributed by atoms with van der Waals surface area (Å²) in [5.41, 5.74) is 0.0968. The molecule has 1 aliphatic heterocycles. The highest BCUT2D eigenvalue weighted by atomic mass is 16.5. The van der Waals surface area contributed by atoms with Gasteiger partial charge in [-0.05, 0) is 30.9 Å². The summed E-state index contributed by atoms with van der Waals surface area (Å²) < 4.78 is 4.98. The van der Waals surface area contributed by atoms with E-state index in [0.717, 1.165) is 19.3 Å². The maximum atomic E-state index is 12.5. The summed E-state index contributed by atoms with van der Waals surface area (Å²) in [5.74, 6) is 0.0211. The van der Waals surface area contributed by atoms with Crippen molar-refractivity contribution < 1.29 is 14.3 Å². The molecule has 5 heteroatoms. The van der Waals surface area contributed by atoms with E-state index in [1.165, 1.54) is 7.11 Å². The predicted molar refractivity (Wildman–Crippen MR) is 71.9 cm³/mol. The standard InChI is InChI=1S/C15H18N2O3/c1-20-14(19)15-6-2-5-12(15)9-17(10-15)13(18)11-4-3-7-16-8-11/h3-4,7-8,12H,2,5-6,9-10H2,1H3/t12-,15-/m1/s1. The third-order valence-corrected chi connectivity index (χ3v) is 4.66. The van der Waals surface area contributed by atoms with Crippen molar-refractivity contribution in [3.8, 4) is 0 Å². The Morgan fingerprint density at radius 2 is 2.35 bits per heavy atom. The van der Waals surface area contributed by atoms with E-state index >= 15 is 0 Å². The molecule has 1 saturated carbocycles. The number of rotatable bonds is 2. The third kappa shape index (κ3) is 1.88. The number of nitrogens with zero attached hydrogens (tertiary/aromatic N) is 2. The van der Waals surface area contributed by atoms with E-state index in [-0.39, 0.29) is 17.8 Å². The molecule has 106 valence electrons. The quantitative estimate of drug-likeness (QED) is 0.767. The predicted octanol–water partition coefficient (Wildman–Crippen LogP) is 1.50. The van der Waals surface area contributed by atoms with Crippen molar-refractivity contribution in [2.45, 2.75) is 19.3 Å². The van der Waals surface area contributed by atoms with Crippen molar-refractivity contribution >= 4 is 11.9 Å². The number of methoxy groups -OCH3 is 1. The van der Waals surface area contributed by atoms with Gasteiger partial charge in [0.2, 0.25) is 0 Å². The molecule has 2 heterocycles. The smallest absolute Gasteiger partial charge is 0.313 e. The highest BCUT2D eigenvalue weighted by molar-refractivity contribution is 5.95. The van der Waals surface area contributed by atoms with E-state index < -0.39 is 5.41 Å². The molecule has 20 heavy (non-hydrogen) atoms. The molecule has 3 rings (SSSR count). The van der Waals surface area contributed by atoms with E-state index in [1.54, 1.807) is 29.4 Å². The number of aromatic nitrogens is 1. The van der Waals surface area contributed by atoms with Crippen molar-refractivity contribution in [1.29, 1.82) is 0 Å². The molecule has 0 bridgehead atoms. The Hall–Kier alpha value is -1.91. The van der Waals surface area contributed by atoms with Crippen molar-refractivity contribution in [2.75, 3.05) is 20.2 Å². The number of carbonyl (C=O) groups is 2. The van der Waals surface area contributed by atoms with Gasteiger partial charge in [-0.2, -0.15) is 0 Å². The topological polar surface area (TPSA) is 59.5 Å². The number of ether oxygens (including phenoxy) is 1. The lowest BCUT2D eigenvalue weighted by Gasteiger charge is -2.25. The van der Waals surface area contributed by atoms with Crippen molar-refractivity contribution in [2.24, 2.45) is 11.3 Å². The Balaban J connectivity index is 1.82. The van der Waals surface area contributed by atoms with Crippen LogP contribution in [0.1, 0.15) is 29.6 Å². The minimum Gasteiger partial charge on any atom is -0.469 e.